The standard InChI is InChI=1S/C30H42N2O6S/c1-16-11-12-22-28(2,3)25(32-37-5)21(39(36)17-9-7-6-8-10-17)15-30(22)29(16,4)14-19-20(33)13-18-23(24(19)38-30)27(35)31-26(18)34/h6-10,16,18-24,27,33,35H,11-15H2,1-5H3,(H,31,34). The van der Waals surface area contributed by atoms with Crippen molar-refractivity contribution in [1.82, 2.24) is 5.32 Å². The summed E-state index contributed by atoms with van der Waals surface area (Å²) in [4.78, 5) is 18.8. The van der Waals surface area contributed by atoms with Gasteiger partial charge in [-0.05, 0) is 61.5 Å². The number of fused-ring (bicyclic) bond motifs is 3. The van der Waals surface area contributed by atoms with Crippen molar-refractivity contribution in [1.29, 1.82) is 0 Å². The predicted molar refractivity (Wildman–Crippen MR) is 147 cm³/mol. The molecule has 1 spiro atoms. The van der Waals surface area contributed by atoms with E-state index in [0.717, 1.165) is 29.9 Å². The summed E-state index contributed by atoms with van der Waals surface area (Å²) in [6.45, 7) is 8.92. The van der Waals surface area contributed by atoms with E-state index in [2.05, 4.69) is 38.2 Å². The van der Waals surface area contributed by atoms with E-state index >= 15 is 0 Å². The zero-order chi connectivity index (χ0) is 27.9. The Labute approximate surface area is 233 Å². The number of carbonyl (C=O) groups is 1. The maximum Gasteiger partial charge on any atom is 0.225 e. The number of amides is 1. The van der Waals surface area contributed by atoms with Crippen molar-refractivity contribution < 1.29 is 28.8 Å². The topological polar surface area (TPSA) is 117 Å². The summed E-state index contributed by atoms with van der Waals surface area (Å²) < 4.78 is 21.7. The van der Waals surface area contributed by atoms with E-state index in [4.69, 9.17) is 9.57 Å². The van der Waals surface area contributed by atoms with Crippen LogP contribution >= 0.6 is 0 Å². The summed E-state index contributed by atoms with van der Waals surface area (Å²) in [7, 11) is 0.138. The first-order valence-electron chi connectivity index (χ1n) is 14.4. The highest BCUT2D eigenvalue weighted by Gasteiger charge is 2.72. The number of ether oxygens (including phenoxy) is 1. The van der Waals surface area contributed by atoms with Gasteiger partial charge < -0.3 is 25.1 Å². The minimum absolute atomic E-state index is 0.0600. The molecule has 214 valence electrons. The number of aliphatic hydroxyl groups is 2. The Morgan fingerprint density at radius 1 is 1.13 bits per heavy atom. The highest BCUT2D eigenvalue weighted by Crippen LogP contribution is 2.68. The Bertz CT molecular complexity index is 1190. The number of hydrogen-bond acceptors (Lipinski definition) is 7. The normalized spacial score (nSPS) is 48.2. The molecular formula is C30H42N2O6S. The fraction of sp³-hybridized carbons (Fsp3) is 0.733. The van der Waals surface area contributed by atoms with Crippen LogP contribution in [-0.2, 0) is 25.2 Å². The monoisotopic (exact) mass is 558 g/mol. The Morgan fingerprint density at radius 2 is 1.85 bits per heavy atom. The van der Waals surface area contributed by atoms with Crippen LogP contribution < -0.4 is 5.32 Å². The van der Waals surface area contributed by atoms with Crippen molar-refractivity contribution >= 4 is 22.4 Å². The molecule has 1 amide bonds. The van der Waals surface area contributed by atoms with Crippen LogP contribution in [0.1, 0.15) is 59.8 Å². The van der Waals surface area contributed by atoms with Crippen LogP contribution in [0.15, 0.2) is 40.4 Å². The number of nitrogens with zero attached hydrogens (tertiary/aromatic N) is 1. The van der Waals surface area contributed by atoms with Gasteiger partial charge >= 0.3 is 0 Å². The molecule has 12 atom stereocenters. The van der Waals surface area contributed by atoms with Crippen molar-refractivity contribution in [2.75, 3.05) is 7.11 Å². The van der Waals surface area contributed by atoms with Gasteiger partial charge in [0.25, 0.3) is 0 Å². The first kappa shape index (κ1) is 27.4. The van der Waals surface area contributed by atoms with Gasteiger partial charge in [-0.2, -0.15) is 0 Å². The predicted octanol–water partition coefficient (Wildman–Crippen LogP) is 3.24. The number of hydrogen-bond donors (Lipinski definition) is 3. The van der Waals surface area contributed by atoms with E-state index in [1.165, 1.54) is 0 Å². The van der Waals surface area contributed by atoms with Crippen molar-refractivity contribution in [2.45, 2.75) is 94.0 Å². The second-order valence-electron chi connectivity index (χ2n) is 13.4. The second kappa shape index (κ2) is 9.36. The quantitative estimate of drug-likeness (QED) is 0.491. The number of carbonyl (C=O) groups excluding carboxylic acids is 1. The molecule has 8 nitrogen and oxygen atoms in total. The van der Waals surface area contributed by atoms with Crippen LogP contribution in [0.4, 0.5) is 0 Å². The molecule has 3 N–H and O–H groups in total. The van der Waals surface area contributed by atoms with Gasteiger partial charge in [-0.15, -0.1) is 0 Å². The van der Waals surface area contributed by atoms with Gasteiger partial charge in [0.15, 0.2) is 0 Å². The van der Waals surface area contributed by atoms with Crippen LogP contribution in [0.3, 0.4) is 0 Å². The largest absolute Gasteiger partial charge is 0.399 e. The third kappa shape index (κ3) is 3.75. The first-order valence-corrected chi connectivity index (χ1v) is 15.6. The van der Waals surface area contributed by atoms with Crippen molar-refractivity contribution in [3.05, 3.63) is 30.3 Å². The van der Waals surface area contributed by atoms with E-state index in [0.29, 0.717) is 18.8 Å². The van der Waals surface area contributed by atoms with Crippen LogP contribution in [0.25, 0.3) is 0 Å². The molecule has 12 unspecified atom stereocenters. The zero-order valence-electron chi connectivity index (χ0n) is 23.5. The summed E-state index contributed by atoms with van der Waals surface area (Å²) in [6, 6.07) is 9.51. The van der Waals surface area contributed by atoms with E-state index < -0.39 is 57.3 Å². The lowest BCUT2D eigenvalue weighted by molar-refractivity contribution is -0.323. The number of benzene rings is 1. The lowest BCUT2D eigenvalue weighted by atomic mass is 9.42. The molecule has 6 rings (SSSR count). The summed E-state index contributed by atoms with van der Waals surface area (Å²) in [6.07, 6.45) is 1.37. The Hall–Kier alpha value is -1.81. The highest BCUT2D eigenvalue weighted by atomic mass is 32.2. The minimum atomic E-state index is -1.40. The van der Waals surface area contributed by atoms with Crippen molar-refractivity contribution in [3.8, 4) is 0 Å². The number of nitrogens with one attached hydrogen (secondary N) is 1. The summed E-state index contributed by atoms with van der Waals surface area (Å²) in [5.41, 5.74) is -0.665. The molecule has 9 heteroatoms. The fourth-order valence-electron chi connectivity index (χ4n) is 9.38. The lowest BCUT2D eigenvalue weighted by Gasteiger charge is -2.70. The molecule has 2 heterocycles. The molecule has 2 aliphatic heterocycles. The molecule has 1 aromatic rings. The zero-order valence-corrected chi connectivity index (χ0v) is 24.3. The SMILES string of the molecule is CON=C1C(S(=O)c2ccccc2)CC23OC4C(CC2(C)C(C)CCC3C1(C)C)C(O)CC1C(=O)NC(O)C14. The molecule has 0 aromatic heterocycles. The smallest absolute Gasteiger partial charge is 0.225 e. The van der Waals surface area contributed by atoms with Gasteiger partial charge in [-0.25, -0.2) is 0 Å². The van der Waals surface area contributed by atoms with E-state index in [9.17, 15) is 19.2 Å². The van der Waals surface area contributed by atoms with Gasteiger partial charge in [-0.1, -0.05) is 51.0 Å². The Morgan fingerprint density at radius 3 is 2.54 bits per heavy atom. The average Bonchev–Trinajstić information content (AvgIpc) is 3.18. The van der Waals surface area contributed by atoms with Crippen LogP contribution in [-0.4, -0.2) is 62.4 Å². The summed E-state index contributed by atoms with van der Waals surface area (Å²) in [5.74, 6) is -0.916. The molecule has 2 saturated heterocycles. The molecular weight excluding hydrogens is 516 g/mol. The van der Waals surface area contributed by atoms with Crippen LogP contribution in [0.2, 0.25) is 0 Å². The second-order valence-corrected chi connectivity index (χ2v) is 15.0. The molecule has 39 heavy (non-hydrogen) atoms. The highest BCUT2D eigenvalue weighted by molar-refractivity contribution is 7.86. The number of rotatable bonds is 3. The third-order valence-electron chi connectivity index (χ3n) is 11.5. The van der Waals surface area contributed by atoms with Gasteiger partial charge in [0, 0.05) is 22.1 Å². The van der Waals surface area contributed by atoms with Gasteiger partial charge in [0.2, 0.25) is 5.91 Å². The lowest BCUT2D eigenvalue weighted by Crippen LogP contribution is -2.74. The van der Waals surface area contributed by atoms with Gasteiger partial charge in [-0.3, -0.25) is 9.00 Å². The maximum absolute atomic E-state index is 14.3. The molecule has 0 bridgehead atoms. The van der Waals surface area contributed by atoms with E-state index in [1.54, 1.807) is 7.11 Å². The van der Waals surface area contributed by atoms with E-state index in [-0.39, 0.29) is 23.2 Å². The number of aliphatic hydroxyl groups excluding tert-OH is 2. The average molecular weight is 559 g/mol. The molecule has 5 aliphatic rings. The number of oxime groups is 1. The van der Waals surface area contributed by atoms with E-state index in [1.807, 2.05) is 30.3 Å². The van der Waals surface area contributed by atoms with Crippen molar-refractivity contribution in [3.63, 3.8) is 0 Å². The molecule has 3 saturated carbocycles. The fourth-order valence-corrected chi connectivity index (χ4v) is 11.1. The summed E-state index contributed by atoms with van der Waals surface area (Å²) in [5, 5.41) is 29.1. The Balaban J connectivity index is 1.50. The van der Waals surface area contributed by atoms with Gasteiger partial charge in [0.05, 0.1) is 45.5 Å². The Kier molecular flexibility index (Phi) is 6.57. The molecule has 0 radical (unpaired) electrons. The molecule has 3 aliphatic carbocycles. The minimum Gasteiger partial charge on any atom is -0.399 e. The molecule has 1 aromatic carbocycles. The van der Waals surface area contributed by atoms with Gasteiger partial charge in [0.1, 0.15) is 13.3 Å². The first-order chi connectivity index (χ1) is 18.5. The molecule has 5 fully saturated rings. The van der Waals surface area contributed by atoms with Crippen molar-refractivity contribution in [2.24, 2.45) is 45.6 Å². The third-order valence-corrected chi connectivity index (χ3v) is 13.2. The van der Waals surface area contributed by atoms with Crippen LogP contribution in [0.5, 0.6) is 0 Å². The summed E-state index contributed by atoms with van der Waals surface area (Å²) >= 11 is 0. The van der Waals surface area contributed by atoms with Crippen LogP contribution in [0, 0.1) is 40.4 Å². The maximum atomic E-state index is 14.3.